The van der Waals surface area contributed by atoms with Crippen LogP contribution in [0.5, 0.6) is 0 Å². The Balaban J connectivity index is 2.92. The van der Waals surface area contributed by atoms with Crippen molar-refractivity contribution in [2.45, 2.75) is 0 Å². The summed E-state index contributed by atoms with van der Waals surface area (Å²) in [5.41, 5.74) is 1.31. The Bertz CT molecular complexity index is 315. The summed E-state index contributed by atoms with van der Waals surface area (Å²) in [5.74, 6) is 0. The van der Waals surface area contributed by atoms with E-state index < -0.39 is 0 Å². The fourth-order valence-corrected chi connectivity index (χ4v) is 0.993. The van der Waals surface area contributed by atoms with Crippen LogP contribution in [-0.2, 0) is 0 Å². The molecule has 0 saturated heterocycles. The van der Waals surface area contributed by atoms with Crippen LogP contribution in [0, 0.1) is 9.81 Å². The fourth-order valence-electron chi connectivity index (χ4n) is 0.993. The Morgan fingerprint density at radius 2 is 1.36 bits per heavy atom. The average molecular weight is 194 g/mol. The van der Waals surface area contributed by atoms with E-state index in [1.54, 1.807) is 24.3 Å². The number of nitrogens with zero attached hydrogens (tertiary/aromatic N) is 4. The maximum absolute atomic E-state index is 10.1. The Morgan fingerprint density at radius 1 is 0.929 bits per heavy atom. The minimum Gasteiger partial charge on any atom is -0.378 e. The van der Waals surface area contributed by atoms with Crippen molar-refractivity contribution in [1.29, 1.82) is 0 Å². The smallest absolute Gasteiger partial charge is 0.0924 e. The zero-order valence-corrected chi connectivity index (χ0v) is 7.91. The number of anilines is 2. The van der Waals surface area contributed by atoms with E-state index in [4.69, 9.17) is 0 Å². The molecule has 0 atom stereocenters. The number of rotatable bonds is 4. The molecule has 0 aliphatic heterocycles. The molecule has 0 aliphatic rings. The first-order valence-electron chi connectivity index (χ1n) is 3.93. The average Bonchev–Trinajstić information content (AvgIpc) is 2.20. The first-order valence-corrected chi connectivity index (χ1v) is 3.93. The molecule has 0 N–H and O–H groups in total. The molecule has 6 nitrogen and oxygen atoms in total. The van der Waals surface area contributed by atoms with Gasteiger partial charge in [-0.05, 0) is 24.3 Å². The molecule has 1 rings (SSSR count). The van der Waals surface area contributed by atoms with E-state index in [0.717, 1.165) is 5.69 Å². The minimum absolute atomic E-state index is 0.348. The second kappa shape index (κ2) is 4.31. The molecular formula is C8H10N4O2. The van der Waals surface area contributed by atoms with Crippen molar-refractivity contribution < 1.29 is 0 Å². The van der Waals surface area contributed by atoms with E-state index in [9.17, 15) is 9.81 Å². The van der Waals surface area contributed by atoms with Gasteiger partial charge >= 0.3 is 0 Å². The molecule has 0 heterocycles. The molecule has 0 bridgehead atoms. The fraction of sp³-hybridized carbons (Fsp3) is 0.250. The van der Waals surface area contributed by atoms with E-state index >= 15 is 0 Å². The Hall–Kier alpha value is -1.98. The first-order chi connectivity index (χ1) is 6.69. The number of nitroso groups, excluding NO2 is 2. The molecule has 1 aromatic rings. The van der Waals surface area contributed by atoms with Crippen LogP contribution in [0.2, 0.25) is 0 Å². The molecule has 0 fully saturated rings. The Kier molecular flexibility index (Phi) is 3.11. The summed E-state index contributed by atoms with van der Waals surface area (Å²) in [5, 5.41) is 5.37. The van der Waals surface area contributed by atoms with Crippen molar-refractivity contribution in [3.63, 3.8) is 0 Å². The van der Waals surface area contributed by atoms with Crippen LogP contribution >= 0.6 is 0 Å². The zero-order chi connectivity index (χ0) is 10.6. The van der Waals surface area contributed by atoms with Crippen LogP contribution in [0.1, 0.15) is 0 Å². The van der Waals surface area contributed by atoms with Crippen LogP contribution in [0.15, 0.2) is 34.8 Å². The van der Waals surface area contributed by atoms with Gasteiger partial charge in [0.05, 0.1) is 16.3 Å². The maximum Gasteiger partial charge on any atom is 0.0924 e. The van der Waals surface area contributed by atoms with E-state index in [1.165, 1.54) is 0 Å². The van der Waals surface area contributed by atoms with E-state index in [1.807, 2.05) is 19.0 Å². The molecule has 0 amide bonds. The van der Waals surface area contributed by atoms with Crippen molar-refractivity contribution in [3.05, 3.63) is 34.1 Å². The molecule has 0 saturated carbocycles. The third kappa shape index (κ3) is 2.03. The first kappa shape index (κ1) is 10.1. The van der Waals surface area contributed by atoms with Crippen molar-refractivity contribution in [3.8, 4) is 0 Å². The monoisotopic (exact) mass is 194 g/mol. The molecule has 6 heteroatoms. The van der Waals surface area contributed by atoms with Gasteiger partial charge in [0.25, 0.3) is 0 Å². The van der Waals surface area contributed by atoms with Gasteiger partial charge in [-0.2, -0.15) is 0 Å². The van der Waals surface area contributed by atoms with Gasteiger partial charge in [0.1, 0.15) is 0 Å². The Morgan fingerprint density at radius 3 is 1.71 bits per heavy atom. The van der Waals surface area contributed by atoms with Crippen LogP contribution in [0.3, 0.4) is 0 Å². The Labute approximate surface area is 81.0 Å². The third-order valence-corrected chi connectivity index (χ3v) is 1.75. The van der Waals surface area contributed by atoms with Crippen molar-refractivity contribution in [2.24, 2.45) is 10.6 Å². The van der Waals surface area contributed by atoms with E-state index in [-0.39, 0.29) is 0 Å². The second-order valence-corrected chi connectivity index (χ2v) is 2.86. The summed E-state index contributed by atoms with van der Waals surface area (Å²) in [6, 6.07) is 6.72. The number of hydrogen-bond acceptors (Lipinski definition) is 5. The predicted octanol–water partition coefficient (Wildman–Crippen LogP) is 1.92. The van der Waals surface area contributed by atoms with Gasteiger partial charge < -0.3 is 4.90 Å². The predicted molar refractivity (Wildman–Crippen MR) is 54.8 cm³/mol. The van der Waals surface area contributed by atoms with Crippen molar-refractivity contribution in [2.75, 3.05) is 24.1 Å². The summed E-state index contributed by atoms with van der Waals surface area (Å²) in [4.78, 5) is 22.2. The van der Waals surface area contributed by atoms with Crippen LogP contribution in [-0.4, -0.2) is 14.1 Å². The number of hydrogen-bond donors (Lipinski definition) is 0. The second-order valence-electron chi connectivity index (χ2n) is 2.86. The molecule has 0 unspecified atom stereocenters. The lowest BCUT2D eigenvalue weighted by atomic mass is 10.3. The maximum atomic E-state index is 10.1. The van der Waals surface area contributed by atoms with Gasteiger partial charge in [-0.15, -0.1) is 9.81 Å². The zero-order valence-electron chi connectivity index (χ0n) is 7.91. The SMILES string of the molecule is CN(C)c1ccc(N(N=O)N=O)cc1. The highest BCUT2D eigenvalue weighted by Gasteiger charge is 2.05. The van der Waals surface area contributed by atoms with Gasteiger partial charge in [-0.3, -0.25) is 0 Å². The highest BCUT2D eigenvalue weighted by molar-refractivity contribution is 5.54. The van der Waals surface area contributed by atoms with Gasteiger partial charge in [-0.1, -0.05) is 5.12 Å². The van der Waals surface area contributed by atoms with Gasteiger partial charge in [0.2, 0.25) is 0 Å². The van der Waals surface area contributed by atoms with E-state index in [2.05, 4.69) is 10.6 Å². The van der Waals surface area contributed by atoms with Crippen LogP contribution < -0.4 is 10.0 Å². The summed E-state index contributed by atoms with van der Waals surface area (Å²) >= 11 is 0. The molecule has 0 spiro atoms. The number of benzene rings is 1. The lowest BCUT2D eigenvalue weighted by molar-refractivity contribution is 0.907. The summed E-state index contributed by atoms with van der Waals surface area (Å²) in [7, 11) is 3.78. The standard InChI is InChI=1S/C8H10N4O2/c1-11(2)7-3-5-8(6-4-7)12(9-13)10-14/h3-6H,1-2H3. The highest BCUT2D eigenvalue weighted by atomic mass is 16.4. The van der Waals surface area contributed by atoms with Crippen molar-refractivity contribution in [1.82, 2.24) is 0 Å². The molecule has 0 aliphatic carbocycles. The molecular weight excluding hydrogens is 184 g/mol. The topological polar surface area (TPSA) is 65.3 Å². The summed E-state index contributed by atoms with van der Waals surface area (Å²) in [6.45, 7) is 0. The lowest BCUT2D eigenvalue weighted by Gasteiger charge is -2.12. The highest BCUT2D eigenvalue weighted by Crippen LogP contribution is 2.19. The van der Waals surface area contributed by atoms with Gasteiger partial charge in [0.15, 0.2) is 0 Å². The van der Waals surface area contributed by atoms with Gasteiger partial charge in [0, 0.05) is 19.8 Å². The van der Waals surface area contributed by atoms with E-state index in [0.29, 0.717) is 10.8 Å². The third-order valence-electron chi connectivity index (χ3n) is 1.75. The van der Waals surface area contributed by atoms with Crippen molar-refractivity contribution >= 4 is 11.4 Å². The molecule has 0 aromatic heterocycles. The normalized spacial score (nSPS) is 9.29. The summed E-state index contributed by atoms with van der Waals surface area (Å²) < 4.78 is 0. The van der Waals surface area contributed by atoms with Gasteiger partial charge in [-0.25, -0.2) is 0 Å². The molecule has 0 radical (unpaired) electrons. The summed E-state index contributed by atoms with van der Waals surface area (Å²) in [6.07, 6.45) is 0. The lowest BCUT2D eigenvalue weighted by Crippen LogP contribution is -2.09. The molecule has 1 aromatic carbocycles. The minimum atomic E-state index is 0.348. The van der Waals surface area contributed by atoms with Crippen LogP contribution in [0.25, 0.3) is 0 Å². The molecule has 74 valence electrons. The van der Waals surface area contributed by atoms with Crippen LogP contribution in [0.4, 0.5) is 11.4 Å². The quantitative estimate of drug-likeness (QED) is 0.542. The largest absolute Gasteiger partial charge is 0.378 e. The molecule has 14 heavy (non-hydrogen) atoms.